The standard InChI is InChI=1S/C14H18BrNO2/c1-10(17)8-13(18)16-9-14(2,3)11-4-6-12(15)7-5-11/h4-7H,8-9H2,1-3H3,(H,16,18). The predicted octanol–water partition coefficient (Wildman–Crippen LogP) is 2.82. The van der Waals surface area contributed by atoms with E-state index in [0.717, 1.165) is 10.0 Å². The van der Waals surface area contributed by atoms with E-state index in [2.05, 4.69) is 35.1 Å². The van der Waals surface area contributed by atoms with Crippen LogP contribution < -0.4 is 5.32 Å². The number of amides is 1. The molecule has 1 amide bonds. The van der Waals surface area contributed by atoms with Gasteiger partial charge in [-0.3, -0.25) is 9.59 Å². The second-order valence-electron chi connectivity index (χ2n) is 5.05. The molecule has 0 saturated heterocycles. The molecule has 0 aliphatic carbocycles. The summed E-state index contributed by atoms with van der Waals surface area (Å²) in [6.45, 7) is 6.05. The normalized spacial score (nSPS) is 11.1. The summed E-state index contributed by atoms with van der Waals surface area (Å²) >= 11 is 3.39. The molecule has 18 heavy (non-hydrogen) atoms. The number of hydrogen-bond acceptors (Lipinski definition) is 2. The Balaban J connectivity index is 2.62. The number of nitrogens with one attached hydrogen (secondary N) is 1. The average Bonchev–Trinajstić information content (AvgIpc) is 2.26. The highest BCUT2D eigenvalue weighted by Crippen LogP contribution is 2.23. The van der Waals surface area contributed by atoms with Gasteiger partial charge >= 0.3 is 0 Å². The van der Waals surface area contributed by atoms with Gasteiger partial charge in [-0.15, -0.1) is 0 Å². The van der Waals surface area contributed by atoms with Crippen molar-refractivity contribution in [3.63, 3.8) is 0 Å². The summed E-state index contributed by atoms with van der Waals surface area (Å²) in [5.74, 6) is -0.332. The Morgan fingerprint density at radius 1 is 1.22 bits per heavy atom. The van der Waals surface area contributed by atoms with Gasteiger partial charge in [0, 0.05) is 16.4 Å². The summed E-state index contributed by atoms with van der Waals surface area (Å²) in [5, 5.41) is 2.80. The maximum atomic E-state index is 11.4. The Bertz CT molecular complexity index is 438. The summed E-state index contributed by atoms with van der Waals surface area (Å²) in [7, 11) is 0. The minimum Gasteiger partial charge on any atom is -0.355 e. The molecule has 0 fully saturated rings. The van der Waals surface area contributed by atoms with Crippen LogP contribution in [-0.4, -0.2) is 18.2 Å². The highest BCUT2D eigenvalue weighted by Gasteiger charge is 2.21. The van der Waals surface area contributed by atoms with Gasteiger partial charge in [0.2, 0.25) is 5.91 Å². The van der Waals surface area contributed by atoms with Gasteiger partial charge in [-0.25, -0.2) is 0 Å². The number of hydrogen-bond donors (Lipinski definition) is 1. The average molecular weight is 312 g/mol. The number of rotatable bonds is 5. The molecule has 1 aromatic rings. The van der Waals surface area contributed by atoms with Crippen molar-refractivity contribution in [3.05, 3.63) is 34.3 Å². The second-order valence-corrected chi connectivity index (χ2v) is 5.96. The fraction of sp³-hybridized carbons (Fsp3) is 0.429. The summed E-state index contributed by atoms with van der Waals surface area (Å²) in [4.78, 5) is 22.3. The lowest BCUT2D eigenvalue weighted by molar-refractivity contribution is -0.127. The van der Waals surface area contributed by atoms with Gasteiger partial charge in [-0.1, -0.05) is 41.9 Å². The van der Waals surface area contributed by atoms with E-state index in [4.69, 9.17) is 0 Å². The number of carbonyl (C=O) groups is 2. The van der Waals surface area contributed by atoms with Crippen LogP contribution in [0.3, 0.4) is 0 Å². The molecule has 0 atom stereocenters. The van der Waals surface area contributed by atoms with Crippen LogP contribution in [0.1, 0.15) is 32.8 Å². The van der Waals surface area contributed by atoms with Gasteiger partial charge in [-0.05, 0) is 24.6 Å². The van der Waals surface area contributed by atoms with Gasteiger partial charge in [0.15, 0.2) is 0 Å². The molecule has 0 unspecified atom stereocenters. The molecule has 0 aliphatic rings. The lowest BCUT2D eigenvalue weighted by Crippen LogP contribution is -2.37. The van der Waals surface area contributed by atoms with E-state index < -0.39 is 0 Å². The van der Waals surface area contributed by atoms with Crippen molar-refractivity contribution >= 4 is 27.6 Å². The van der Waals surface area contributed by atoms with E-state index in [1.807, 2.05) is 24.3 Å². The first kappa shape index (κ1) is 14.9. The zero-order valence-electron chi connectivity index (χ0n) is 10.9. The van der Waals surface area contributed by atoms with Crippen molar-refractivity contribution in [2.75, 3.05) is 6.54 Å². The van der Waals surface area contributed by atoms with Crippen LogP contribution in [0.2, 0.25) is 0 Å². The van der Waals surface area contributed by atoms with E-state index in [1.54, 1.807) is 0 Å². The molecular weight excluding hydrogens is 294 g/mol. The zero-order chi connectivity index (χ0) is 13.8. The van der Waals surface area contributed by atoms with E-state index >= 15 is 0 Å². The molecule has 98 valence electrons. The fourth-order valence-corrected chi connectivity index (χ4v) is 1.88. The van der Waals surface area contributed by atoms with Crippen molar-refractivity contribution < 1.29 is 9.59 Å². The molecular formula is C14H18BrNO2. The van der Waals surface area contributed by atoms with Gasteiger partial charge in [0.25, 0.3) is 0 Å². The van der Waals surface area contributed by atoms with Crippen molar-refractivity contribution in [2.45, 2.75) is 32.6 Å². The molecule has 1 N–H and O–H groups in total. The Hall–Kier alpha value is -1.16. The summed E-state index contributed by atoms with van der Waals surface area (Å²) < 4.78 is 1.03. The van der Waals surface area contributed by atoms with Crippen LogP contribution in [0.4, 0.5) is 0 Å². The molecule has 3 nitrogen and oxygen atoms in total. The van der Waals surface area contributed by atoms with E-state index in [1.165, 1.54) is 6.92 Å². The first-order chi connectivity index (χ1) is 8.31. The Morgan fingerprint density at radius 2 is 1.78 bits per heavy atom. The maximum Gasteiger partial charge on any atom is 0.227 e. The molecule has 0 spiro atoms. The van der Waals surface area contributed by atoms with Gasteiger partial charge in [0.05, 0.1) is 6.42 Å². The highest BCUT2D eigenvalue weighted by molar-refractivity contribution is 9.10. The second kappa shape index (κ2) is 6.14. The van der Waals surface area contributed by atoms with E-state index in [9.17, 15) is 9.59 Å². The van der Waals surface area contributed by atoms with E-state index in [-0.39, 0.29) is 23.5 Å². The molecule has 0 aromatic heterocycles. The van der Waals surface area contributed by atoms with Crippen molar-refractivity contribution in [1.29, 1.82) is 0 Å². The molecule has 0 bridgehead atoms. The van der Waals surface area contributed by atoms with Crippen LogP contribution >= 0.6 is 15.9 Å². The van der Waals surface area contributed by atoms with Gasteiger partial charge in [-0.2, -0.15) is 0 Å². The van der Waals surface area contributed by atoms with Crippen LogP contribution in [0.25, 0.3) is 0 Å². The molecule has 0 aliphatic heterocycles. The SMILES string of the molecule is CC(=O)CC(=O)NCC(C)(C)c1ccc(Br)cc1. The predicted molar refractivity (Wildman–Crippen MR) is 75.5 cm³/mol. The summed E-state index contributed by atoms with van der Waals surface area (Å²) in [5.41, 5.74) is 0.987. The number of carbonyl (C=O) groups excluding carboxylic acids is 2. The highest BCUT2D eigenvalue weighted by atomic mass is 79.9. The molecule has 4 heteroatoms. The first-order valence-electron chi connectivity index (χ1n) is 5.83. The quantitative estimate of drug-likeness (QED) is 0.850. The topological polar surface area (TPSA) is 46.2 Å². The number of halogens is 1. The third-order valence-electron chi connectivity index (χ3n) is 2.76. The van der Waals surface area contributed by atoms with Crippen molar-refractivity contribution in [2.24, 2.45) is 0 Å². The lowest BCUT2D eigenvalue weighted by atomic mass is 9.84. The molecule has 0 heterocycles. The van der Waals surface area contributed by atoms with Crippen LogP contribution in [-0.2, 0) is 15.0 Å². The third kappa shape index (κ3) is 4.61. The lowest BCUT2D eigenvalue weighted by Gasteiger charge is -2.25. The van der Waals surface area contributed by atoms with Gasteiger partial charge in [0.1, 0.15) is 5.78 Å². The monoisotopic (exact) mass is 311 g/mol. The van der Waals surface area contributed by atoms with Gasteiger partial charge < -0.3 is 5.32 Å². The minimum atomic E-state index is -0.215. The van der Waals surface area contributed by atoms with Crippen LogP contribution in [0.5, 0.6) is 0 Å². The number of benzene rings is 1. The minimum absolute atomic E-state index is 0.0452. The summed E-state index contributed by atoms with van der Waals surface area (Å²) in [6, 6.07) is 8.02. The Labute approximate surface area is 116 Å². The Kier molecular flexibility index (Phi) is 5.08. The van der Waals surface area contributed by atoms with Crippen LogP contribution in [0.15, 0.2) is 28.7 Å². The summed E-state index contributed by atoms with van der Waals surface area (Å²) in [6.07, 6.45) is -0.0452. The zero-order valence-corrected chi connectivity index (χ0v) is 12.5. The van der Waals surface area contributed by atoms with Crippen molar-refractivity contribution in [3.8, 4) is 0 Å². The first-order valence-corrected chi connectivity index (χ1v) is 6.63. The number of Topliss-reactive ketones (excluding diaryl/α,β-unsaturated/α-hetero) is 1. The smallest absolute Gasteiger partial charge is 0.227 e. The van der Waals surface area contributed by atoms with Crippen LogP contribution in [0, 0.1) is 0 Å². The fourth-order valence-electron chi connectivity index (χ4n) is 1.61. The molecule has 1 aromatic carbocycles. The molecule has 1 rings (SSSR count). The third-order valence-corrected chi connectivity index (χ3v) is 3.29. The maximum absolute atomic E-state index is 11.4. The van der Waals surface area contributed by atoms with Crippen molar-refractivity contribution in [1.82, 2.24) is 5.32 Å². The molecule has 0 saturated carbocycles. The largest absolute Gasteiger partial charge is 0.355 e. The Morgan fingerprint density at radius 3 is 2.28 bits per heavy atom. The van der Waals surface area contributed by atoms with E-state index in [0.29, 0.717) is 6.54 Å². The number of ketones is 1. The molecule has 0 radical (unpaired) electrons.